The first-order valence-corrected chi connectivity index (χ1v) is 9.75. The Bertz CT molecular complexity index is 1040. The number of likely N-dealkylation sites (tertiary alicyclic amines) is 1. The van der Waals surface area contributed by atoms with Gasteiger partial charge in [-0.05, 0) is 24.6 Å². The molecule has 1 atom stereocenters. The SMILES string of the molecule is Cc1ccc(CN2CC(C(=O)Nc3cccc(Oc4cnccn4)c3)CC2=O)cc1. The van der Waals surface area contributed by atoms with Crippen LogP contribution < -0.4 is 10.1 Å². The Morgan fingerprint density at radius 1 is 1.20 bits per heavy atom. The lowest BCUT2D eigenvalue weighted by Gasteiger charge is -2.17. The molecule has 0 radical (unpaired) electrons. The second-order valence-electron chi connectivity index (χ2n) is 7.32. The van der Waals surface area contributed by atoms with Gasteiger partial charge >= 0.3 is 0 Å². The maximum absolute atomic E-state index is 12.7. The number of hydrogen-bond donors (Lipinski definition) is 1. The van der Waals surface area contributed by atoms with E-state index in [1.165, 1.54) is 11.8 Å². The van der Waals surface area contributed by atoms with Gasteiger partial charge < -0.3 is 15.0 Å². The van der Waals surface area contributed by atoms with E-state index in [4.69, 9.17) is 4.74 Å². The molecule has 2 aromatic carbocycles. The van der Waals surface area contributed by atoms with Gasteiger partial charge in [0.2, 0.25) is 17.7 Å². The Labute approximate surface area is 174 Å². The molecule has 30 heavy (non-hydrogen) atoms. The number of nitrogens with one attached hydrogen (secondary N) is 1. The molecule has 2 heterocycles. The summed E-state index contributed by atoms with van der Waals surface area (Å²) >= 11 is 0. The topological polar surface area (TPSA) is 84.4 Å². The first kappa shape index (κ1) is 19.6. The summed E-state index contributed by atoms with van der Waals surface area (Å²) in [4.78, 5) is 34.9. The van der Waals surface area contributed by atoms with E-state index in [0.717, 1.165) is 5.56 Å². The van der Waals surface area contributed by atoms with E-state index >= 15 is 0 Å². The number of amides is 2. The minimum Gasteiger partial charge on any atom is -0.437 e. The summed E-state index contributed by atoms with van der Waals surface area (Å²) in [5.74, 6) is 0.347. The highest BCUT2D eigenvalue weighted by Crippen LogP contribution is 2.25. The predicted octanol–water partition coefficient (Wildman–Crippen LogP) is 3.56. The van der Waals surface area contributed by atoms with Crippen molar-refractivity contribution in [2.24, 2.45) is 5.92 Å². The number of rotatable bonds is 6. The number of ether oxygens (including phenoxy) is 1. The van der Waals surface area contributed by atoms with Gasteiger partial charge in [-0.15, -0.1) is 0 Å². The number of aryl methyl sites for hydroxylation is 1. The first-order chi connectivity index (χ1) is 14.6. The fourth-order valence-electron chi connectivity index (χ4n) is 3.36. The molecule has 7 heteroatoms. The van der Waals surface area contributed by atoms with E-state index in [-0.39, 0.29) is 24.2 Å². The number of nitrogens with zero attached hydrogens (tertiary/aromatic N) is 3. The average Bonchev–Trinajstić information content (AvgIpc) is 3.11. The molecule has 1 unspecified atom stereocenters. The van der Waals surface area contributed by atoms with Crippen LogP contribution in [0.15, 0.2) is 67.1 Å². The average molecular weight is 402 g/mol. The van der Waals surface area contributed by atoms with Crippen LogP contribution in [-0.4, -0.2) is 33.2 Å². The van der Waals surface area contributed by atoms with Crippen molar-refractivity contribution < 1.29 is 14.3 Å². The normalized spacial score (nSPS) is 15.8. The van der Waals surface area contributed by atoms with Gasteiger partial charge in [0, 0.05) is 43.7 Å². The molecule has 3 aromatic rings. The third-order valence-electron chi connectivity index (χ3n) is 4.94. The number of carbonyl (C=O) groups is 2. The molecule has 7 nitrogen and oxygen atoms in total. The first-order valence-electron chi connectivity index (χ1n) is 9.75. The molecular formula is C23H22N4O3. The van der Waals surface area contributed by atoms with Crippen molar-refractivity contribution in [3.05, 3.63) is 78.2 Å². The summed E-state index contributed by atoms with van der Waals surface area (Å²) in [6.45, 7) is 2.96. The maximum atomic E-state index is 12.7. The Balaban J connectivity index is 1.36. The third-order valence-corrected chi connectivity index (χ3v) is 4.94. The van der Waals surface area contributed by atoms with Gasteiger partial charge in [-0.2, -0.15) is 0 Å². The molecule has 4 rings (SSSR count). The van der Waals surface area contributed by atoms with Gasteiger partial charge in [-0.25, -0.2) is 4.98 Å². The van der Waals surface area contributed by atoms with Crippen LogP contribution >= 0.6 is 0 Å². The molecule has 0 aliphatic carbocycles. The van der Waals surface area contributed by atoms with E-state index < -0.39 is 0 Å². The summed E-state index contributed by atoms with van der Waals surface area (Å²) < 4.78 is 5.65. The zero-order valence-electron chi connectivity index (χ0n) is 16.6. The molecular weight excluding hydrogens is 380 g/mol. The molecule has 1 aliphatic heterocycles. The highest BCUT2D eigenvalue weighted by molar-refractivity contribution is 5.97. The van der Waals surface area contributed by atoms with Crippen LogP contribution in [0.2, 0.25) is 0 Å². The lowest BCUT2D eigenvalue weighted by Crippen LogP contribution is -2.28. The zero-order chi connectivity index (χ0) is 20.9. The zero-order valence-corrected chi connectivity index (χ0v) is 16.6. The predicted molar refractivity (Wildman–Crippen MR) is 112 cm³/mol. The number of carbonyl (C=O) groups excluding carboxylic acids is 2. The van der Waals surface area contributed by atoms with E-state index in [1.54, 1.807) is 41.6 Å². The summed E-state index contributed by atoms with van der Waals surface area (Å²) in [5.41, 5.74) is 2.84. The van der Waals surface area contributed by atoms with E-state index in [0.29, 0.717) is 30.4 Å². The van der Waals surface area contributed by atoms with Crippen molar-refractivity contribution in [2.75, 3.05) is 11.9 Å². The van der Waals surface area contributed by atoms with Crippen molar-refractivity contribution in [2.45, 2.75) is 19.9 Å². The molecule has 1 fully saturated rings. The van der Waals surface area contributed by atoms with Crippen LogP contribution in [0.25, 0.3) is 0 Å². The highest BCUT2D eigenvalue weighted by atomic mass is 16.5. The van der Waals surface area contributed by atoms with Crippen molar-refractivity contribution in [1.82, 2.24) is 14.9 Å². The largest absolute Gasteiger partial charge is 0.437 e. The molecule has 152 valence electrons. The van der Waals surface area contributed by atoms with Gasteiger partial charge in [0.1, 0.15) is 5.75 Å². The second kappa shape index (κ2) is 8.73. The smallest absolute Gasteiger partial charge is 0.237 e. The minimum atomic E-state index is -0.382. The molecule has 1 aromatic heterocycles. The van der Waals surface area contributed by atoms with Gasteiger partial charge in [0.05, 0.1) is 12.1 Å². The summed E-state index contributed by atoms with van der Waals surface area (Å²) in [7, 11) is 0. The Hall–Kier alpha value is -3.74. The van der Waals surface area contributed by atoms with Crippen LogP contribution in [0.1, 0.15) is 17.5 Å². The third kappa shape index (κ3) is 4.81. The second-order valence-corrected chi connectivity index (χ2v) is 7.32. The van der Waals surface area contributed by atoms with Crippen LogP contribution in [0, 0.1) is 12.8 Å². The van der Waals surface area contributed by atoms with Crippen LogP contribution in [0.3, 0.4) is 0 Å². The summed E-state index contributed by atoms with van der Waals surface area (Å²) in [5, 5.41) is 2.89. The molecule has 0 saturated carbocycles. The maximum Gasteiger partial charge on any atom is 0.237 e. The van der Waals surface area contributed by atoms with E-state index in [1.807, 2.05) is 31.2 Å². The molecule has 0 bridgehead atoms. The molecule has 0 spiro atoms. The monoisotopic (exact) mass is 402 g/mol. The Kier molecular flexibility index (Phi) is 5.70. The van der Waals surface area contributed by atoms with E-state index in [9.17, 15) is 9.59 Å². The van der Waals surface area contributed by atoms with Crippen molar-refractivity contribution in [1.29, 1.82) is 0 Å². The molecule has 1 saturated heterocycles. The van der Waals surface area contributed by atoms with Gasteiger partial charge in [0.25, 0.3) is 0 Å². The van der Waals surface area contributed by atoms with Gasteiger partial charge in [-0.1, -0.05) is 35.9 Å². The van der Waals surface area contributed by atoms with Crippen LogP contribution in [-0.2, 0) is 16.1 Å². The minimum absolute atomic E-state index is 0.00420. The van der Waals surface area contributed by atoms with Crippen molar-refractivity contribution in [3.8, 4) is 11.6 Å². The Morgan fingerprint density at radius 2 is 2.03 bits per heavy atom. The van der Waals surface area contributed by atoms with Gasteiger partial charge in [-0.3, -0.25) is 14.6 Å². The summed E-state index contributed by atoms with van der Waals surface area (Å²) in [6, 6.07) is 15.1. The number of benzene rings is 2. The molecule has 2 amide bonds. The lowest BCUT2D eigenvalue weighted by atomic mass is 10.1. The highest BCUT2D eigenvalue weighted by Gasteiger charge is 2.34. The fourth-order valence-corrected chi connectivity index (χ4v) is 3.36. The number of anilines is 1. The molecule has 1 aliphatic rings. The van der Waals surface area contributed by atoms with Crippen molar-refractivity contribution in [3.63, 3.8) is 0 Å². The van der Waals surface area contributed by atoms with Crippen molar-refractivity contribution >= 4 is 17.5 Å². The van der Waals surface area contributed by atoms with E-state index in [2.05, 4.69) is 15.3 Å². The van der Waals surface area contributed by atoms with Crippen LogP contribution in [0.4, 0.5) is 5.69 Å². The van der Waals surface area contributed by atoms with Crippen LogP contribution in [0.5, 0.6) is 11.6 Å². The van der Waals surface area contributed by atoms with Gasteiger partial charge in [0.15, 0.2) is 0 Å². The number of aromatic nitrogens is 2. The number of hydrogen-bond acceptors (Lipinski definition) is 5. The Morgan fingerprint density at radius 3 is 2.80 bits per heavy atom. The molecule has 1 N–H and O–H groups in total. The standard InChI is InChI=1S/C23H22N4O3/c1-16-5-7-17(8-6-16)14-27-15-18(11-22(27)28)23(29)26-19-3-2-4-20(12-19)30-21-13-24-9-10-25-21/h2-10,12-13,18H,11,14-15H2,1H3,(H,26,29). The quantitative estimate of drug-likeness (QED) is 0.681. The fraction of sp³-hybridized carbons (Fsp3) is 0.217. The summed E-state index contributed by atoms with van der Waals surface area (Å²) in [6.07, 6.45) is 4.83. The lowest BCUT2D eigenvalue weighted by molar-refractivity contribution is -0.128.